The van der Waals surface area contributed by atoms with Crippen molar-refractivity contribution in [3.8, 4) is 5.75 Å². The highest BCUT2D eigenvalue weighted by Crippen LogP contribution is 2.17. The van der Waals surface area contributed by atoms with Gasteiger partial charge in [-0.3, -0.25) is 0 Å². The molecule has 1 aromatic carbocycles. The number of aromatic hydroxyl groups is 1. The summed E-state index contributed by atoms with van der Waals surface area (Å²) < 4.78 is 5.54. The molecule has 0 saturated carbocycles. The molecule has 0 amide bonds. The van der Waals surface area contributed by atoms with Gasteiger partial charge in [-0.2, -0.15) is 0 Å². The maximum absolute atomic E-state index is 9.40. The molecule has 0 spiro atoms. The summed E-state index contributed by atoms with van der Waals surface area (Å²) in [6.07, 6.45) is 1.11. The van der Waals surface area contributed by atoms with Crippen LogP contribution in [0.3, 0.4) is 0 Å². The topological polar surface area (TPSA) is 41.5 Å². The molecule has 0 radical (unpaired) electrons. The van der Waals surface area contributed by atoms with Crippen molar-refractivity contribution in [2.24, 2.45) is 5.92 Å². The number of phenolic OH excluding ortho intramolecular Hbond substituents is 1. The fourth-order valence-electron chi connectivity index (χ4n) is 1.68. The molecule has 0 saturated heterocycles. The van der Waals surface area contributed by atoms with Gasteiger partial charge in [-0.25, -0.2) is 0 Å². The summed E-state index contributed by atoms with van der Waals surface area (Å²) in [5.41, 5.74) is 1.09. The lowest BCUT2D eigenvalue weighted by molar-refractivity contribution is 0.123. The van der Waals surface area contributed by atoms with Gasteiger partial charge in [0.05, 0.1) is 6.61 Å². The van der Waals surface area contributed by atoms with Gasteiger partial charge in [0.2, 0.25) is 0 Å². The minimum absolute atomic E-state index is 0.228. The number of nitrogens with one attached hydrogen (secondary N) is 1. The van der Waals surface area contributed by atoms with E-state index in [0.717, 1.165) is 31.7 Å². The minimum Gasteiger partial charge on any atom is -0.508 e. The Bertz CT molecular complexity index is 339. The molecule has 0 aliphatic carbocycles. The summed E-state index contributed by atoms with van der Waals surface area (Å²) >= 11 is 0. The highest BCUT2D eigenvalue weighted by Gasteiger charge is 2.04. The normalized spacial score (nSPS) is 12.9. The Balaban J connectivity index is 2.15. The van der Waals surface area contributed by atoms with Crippen LogP contribution in [0.4, 0.5) is 0 Å². The second-order valence-corrected chi connectivity index (χ2v) is 5.07. The van der Waals surface area contributed by atoms with Gasteiger partial charge in [0, 0.05) is 19.2 Å². The standard InChI is InChI=1S/C15H25NO2/c1-12(2)7-9-18-10-8-16-13(3)14-5-4-6-15(17)11-14/h4-6,11-13,16-17H,7-10H2,1-3H3. The van der Waals surface area contributed by atoms with Crippen LogP contribution in [0.15, 0.2) is 24.3 Å². The van der Waals surface area contributed by atoms with Gasteiger partial charge in [-0.1, -0.05) is 26.0 Å². The second-order valence-electron chi connectivity index (χ2n) is 5.07. The zero-order valence-electron chi connectivity index (χ0n) is 11.6. The summed E-state index contributed by atoms with van der Waals surface area (Å²) in [5.74, 6) is 1.01. The Labute approximate surface area is 110 Å². The van der Waals surface area contributed by atoms with E-state index < -0.39 is 0 Å². The van der Waals surface area contributed by atoms with E-state index in [1.54, 1.807) is 12.1 Å². The van der Waals surface area contributed by atoms with Crippen LogP contribution in [0.5, 0.6) is 5.75 Å². The number of rotatable bonds is 8. The minimum atomic E-state index is 0.228. The van der Waals surface area contributed by atoms with Gasteiger partial charge < -0.3 is 15.2 Å². The predicted octanol–water partition coefficient (Wildman–Crippen LogP) is 3.11. The van der Waals surface area contributed by atoms with Crippen molar-refractivity contribution in [1.82, 2.24) is 5.32 Å². The quantitative estimate of drug-likeness (QED) is 0.698. The molecule has 0 bridgehead atoms. The van der Waals surface area contributed by atoms with Crippen molar-refractivity contribution < 1.29 is 9.84 Å². The lowest BCUT2D eigenvalue weighted by atomic mass is 10.1. The van der Waals surface area contributed by atoms with Gasteiger partial charge in [-0.05, 0) is 37.0 Å². The number of ether oxygens (including phenoxy) is 1. The highest BCUT2D eigenvalue weighted by molar-refractivity contribution is 5.28. The summed E-state index contributed by atoms with van der Waals surface area (Å²) in [6, 6.07) is 7.58. The largest absolute Gasteiger partial charge is 0.508 e. The molecule has 102 valence electrons. The van der Waals surface area contributed by atoms with Gasteiger partial charge in [-0.15, -0.1) is 0 Å². The lowest BCUT2D eigenvalue weighted by Gasteiger charge is -2.14. The fourth-order valence-corrected chi connectivity index (χ4v) is 1.68. The molecule has 1 atom stereocenters. The van der Waals surface area contributed by atoms with Crippen LogP contribution in [0.25, 0.3) is 0 Å². The number of phenols is 1. The van der Waals surface area contributed by atoms with Crippen molar-refractivity contribution in [3.63, 3.8) is 0 Å². The van der Waals surface area contributed by atoms with Crippen molar-refractivity contribution in [3.05, 3.63) is 29.8 Å². The zero-order valence-corrected chi connectivity index (χ0v) is 11.6. The Morgan fingerprint density at radius 1 is 1.22 bits per heavy atom. The molecule has 3 heteroatoms. The number of hydrogen-bond donors (Lipinski definition) is 2. The summed E-state index contributed by atoms with van der Waals surface area (Å²) in [5, 5.41) is 12.8. The smallest absolute Gasteiger partial charge is 0.115 e. The molecule has 0 heterocycles. The third-order valence-corrected chi connectivity index (χ3v) is 2.91. The maximum Gasteiger partial charge on any atom is 0.115 e. The molecule has 3 nitrogen and oxygen atoms in total. The van der Waals surface area contributed by atoms with Crippen LogP contribution >= 0.6 is 0 Å². The first-order valence-corrected chi connectivity index (χ1v) is 6.69. The molecule has 1 unspecified atom stereocenters. The molecule has 0 aliphatic heterocycles. The van der Waals surface area contributed by atoms with E-state index in [0.29, 0.717) is 11.7 Å². The maximum atomic E-state index is 9.40. The molecular weight excluding hydrogens is 226 g/mol. The SMILES string of the molecule is CC(C)CCOCCNC(C)c1cccc(O)c1. The van der Waals surface area contributed by atoms with E-state index in [1.165, 1.54) is 0 Å². The van der Waals surface area contributed by atoms with E-state index in [-0.39, 0.29) is 6.04 Å². The Morgan fingerprint density at radius 3 is 2.67 bits per heavy atom. The third-order valence-electron chi connectivity index (χ3n) is 2.91. The molecule has 0 fully saturated rings. The van der Waals surface area contributed by atoms with E-state index >= 15 is 0 Å². The lowest BCUT2D eigenvalue weighted by Crippen LogP contribution is -2.23. The predicted molar refractivity (Wildman–Crippen MR) is 74.8 cm³/mol. The average Bonchev–Trinajstić information content (AvgIpc) is 2.33. The number of hydrogen-bond acceptors (Lipinski definition) is 3. The summed E-state index contributed by atoms with van der Waals surface area (Å²) in [6.45, 7) is 8.88. The van der Waals surface area contributed by atoms with Crippen molar-refractivity contribution in [2.75, 3.05) is 19.8 Å². The Kier molecular flexibility index (Phi) is 6.76. The van der Waals surface area contributed by atoms with Crippen LogP contribution in [0, 0.1) is 5.92 Å². The van der Waals surface area contributed by atoms with Gasteiger partial charge in [0.1, 0.15) is 5.75 Å². The average molecular weight is 251 g/mol. The van der Waals surface area contributed by atoms with Gasteiger partial charge in [0.15, 0.2) is 0 Å². The molecule has 0 aromatic heterocycles. The first-order chi connectivity index (χ1) is 8.59. The van der Waals surface area contributed by atoms with Crippen molar-refractivity contribution >= 4 is 0 Å². The Hall–Kier alpha value is -1.06. The second kappa shape index (κ2) is 8.11. The molecule has 18 heavy (non-hydrogen) atoms. The van der Waals surface area contributed by atoms with Crippen LogP contribution in [0.2, 0.25) is 0 Å². The third kappa shape index (κ3) is 6.03. The molecule has 1 aromatic rings. The van der Waals surface area contributed by atoms with Crippen molar-refractivity contribution in [1.29, 1.82) is 0 Å². The zero-order chi connectivity index (χ0) is 13.4. The monoisotopic (exact) mass is 251 g/mol. The van der Waals surface area contributed by atoms with Gasteiger partial charge >= 0.3 is 0 Å². The van der Waals surface area contributed by atoms with Crippen molar-refractivity contribution in [2.45, 2.75) is 33.2 Å². The fraction of sp³-hybridized carbons (Fsp3) is 0.600. The van der Waals surface area contributed by atoms with Crippen LogP contribution in [-0.2, 0) is 4.74 Å². The van der Waals surface area contributed by atoms with Crippen LogP contribution in [0.1, 0.15) is 38.8 Å². The Morgan fingerprint density at radius 2 is 2.00 bits per heavy atom. The molecule has 0 aliphatic rings. The summed E-state index contributed by atoms with van der Waals surface area (Å²) in [4.78, 5) is 0. The molecule has 2 N–H and O–H groups in total. The van der Waals surface area contributed by atoms with E-state index in [4.69, 9.17) is 4.74 Å². The van der Waals surface area contributed by atoms with Crippen LogP contribution in [-0.4, -0.2) is 24.9 Å². The first kappa shape index (κ1) is 15.0. The molecular formula is C15H25NO2. The van der Waals surface area contributed by atoms with Gasteiger partial charge in [0.25, 0.3) is 0 Å². The van der Waals surface area contributed by atoms with E-state index in [2.05, 4.69) is 26.1 Å². The highest BCUT2D eigenvalue weighted by atomic mass is 16.5. The first-order valence-electron chi connectivity index (χ1n) is 6.69. The van der Waals surface area contributed by atoms with E-state index in [9.17, 15) is 5.11 Å². The molecule has 1 rings (SSSR count). The van der Waals surface area contributed by atoms with Crippen LogP contribution < -0.4 is 5.32 Å². The summed E-state index contributed by atoms with van der Waals surface area (Å²) in [7, 11) is 0. The number of benzene rings is 1. The van der Waals surface area contributed by atoms with E-state index in [1.807, 2.05) is 12.1 Å².